The minimum absolute atomic E-state index is 0.470. The highest BCUT2D eigenvalue weighted by Crippen LogP contribution is 2.27. The number of fused-ring (bicyclic) bond motifs is 1. The van der Waals surface area contributed by atoms with E-state index < -0.39 is 0 Å². The molecule has 0 aromatic heterocycles. The van der Waals surface area contributed by atoms with Gasteiger partial charge in [-0.2, -0.15) is 0 Å². The van der Waals surface area contributed by atoms with Crippen LogP contribution in [0.25, 0.3) is 0 Å². The summed E-state index contributed by atoms with van der Waals surface area (Å²) in [5, 5.41) is 6.79. The number of anilines is 1. The molecule has 0 fully saturated rings. The van der Waals surface area contributed by atoms with Gasteiger partial charge in [-0.3, -0.25) is 4.99 Å². The van der Waals surface area contributed by atoms with Crippen LogP contribution in [-0.2, 0) is 6.42 Å². The molecule has 2 heterocycles. The van der Waals surface area contributed by atoms with Crippen molar-refractivity contribution in [2.24, 2.45) is 10.9 Å². The van der Waals surface area contributed by atoms with Crippen LogP contribution in [-0.4, -0.2) is 38.7 Å². The second-order valence-corrected chi connectivity index (χ2v) is 5.69. The van der Waals surface area contributed by atoms with Crippen molar-refractivity contribution in [2.45, 2.75) is 19.4 Å². The van der Waals surface area contributed by atoms with Crippen LogP contribution in [0, 0.1) is 5.92 Å². The topological polar surface area (TPSA) is 39.7 Å². The number of nitrogens with one attached hydrogen (secondary N) is 2. The van der Waals surface area contributed by atoms with Gasteiger partial charge in [0.25, 0.3) is 0 Å². The smallest absolute Gasteiger partial charge is 0.191 e. The van der Waals surface area contributed by atoms with E-state index in [1.165, 1.54) is 11.3 Å². The van der Waals surface area contributed by atoms with E-state index in [2.05, 4.69) is 58.8 Å². The molecule has 0 amide bonds. The average Bonchev–Trinajstić information content (AvgIpc) is 2.82. The van der Waals surface area contributed by atoms with Gasteiger partial charge in [0.05, 0.1) is 6.54 Å². The van der Waals surface area contributed by atoms with Gasteiger partial charge in [-0.25, -0.2) is 0 Å². The summed E-state index contributed by atoms with van der Waals surface area (Å²) in [5.41, 5.74) is 2.83. The predicted octanol–water partition coefficient (Wildman–Crippen LogP) is 1.23. The van der Waals surface area contributed by atoms with Crippen molar-refractivity contribution < 1.29 is 0 Å². The molecule has 102 valence electrons. The molecule has 0 spiro atoms. The number of rotatable bonds is 2. The summed E-state index contributed by atoms with van der Waals surface area (Å²) >= 11 is 0. The van der Waals surface area contributed by atoms with E-state index in [1.54, 1.807) is 0 Å². The summed E-state index contributed by atoms with van der Waals surface area (Å²) in [6.45, 7) is 5.13. The van der Waals surface area contributed by atoms with Crippen LogP contribution in [0.2, 0.25) is 0 Å². The first-order chi connectivity index (χ1) is 9.22. The van der Waals surface area contributed by atoms with E-state index in [-0.39, 0.29) is 0 Å². The van der Waals surface area contributed by atoms with Gasteiger partial charge in [-0.15, -0.1) is 0 Å². The van der Waals surface area contributed by atoms with Crippen molar-refractivity contribution in [3.05, 3.63) is 29.8 Å². The maximum Gasteiger partial charge on any atom is 0.191 e. The largest absolute Gasteiger partial charge is 0.374 e. The number of guanidine groups is 1. The minimum Gasteiger partial charge on any atom is -0.374 e. The second-order valence-electron chi connectivity index (χ2n) is 5.69. The van der Waals surface area contributed by atoms with Gasteiger partial charge in [0.15, 0.2) is 5.96 Å². The van der Waals surface area contributed by atoms with Crippen molar-refractivity contribution in [1.82, 2.24) is 10.6 Å². The Kier molecular flexibility index (Phi) is 3.32. The van der Waals surface area contributed by atoms with E-state index in [9.17, 15) is 0 Å². The highest BCUT2D eigenvalue weighted by molar-refractivity contribution is 5.81. The molecule has 0 bridgehead atoms. The maximum absolute atomic E-state index is 4.45. The van der Waals surface area contributed by atoms with E-state index in [1.807, 2.05) is 0 Å². The molecule has 1 aromatic rings. The quantitative estimate of drug-likeness (QED) is 0.838. The highest BCUT2D eigenvalue weighted by atomic mass is 15.2. The van der Waals surface area contributed by atoms with Crippen LogP contribution in [0.5, 0.6) is 0 Å². The second kappa shape index (κ2) is 5.11. The van der Waals surface area contributed by atoms with Gasteiger partial charge in [0.1, 0.15) is 0 Å². The molecule has 0 saturated heterocycles. The molecule has 2 aliphatic heterocycles. The number of para-hydroxylation sites is 1. The Morgan fingerprint density at radius 1 is 1.42 bits per heavy atom. The average molecular weight is 258 g/mol. The summed E-state index contributed by atoms with van der Waals surface area (Å²) < 4.78 is 0. The Hall–Kier alpha value is -1.71. The van der Waals surface area contributed by atoms with Crippen LogP contribution in [0.3, 0.4) is 0 Å². The zero-order valence-corrected chi connectivity index (χ0v) is 11.7. The highest BCUT2D eigenvalue weighted by Gasteiger charge is 2.22. The molecule has 2 unspecified atom stereocenters. The molecule has 19 heavy (non-hydrogen) atoms. The summed E-state index contributed by atoms with van der Waals surface area (Å²) in [5.74, 6) is 1.61. The molecule has 4 nitrogen and oxygen atoms in total. The van der Waals surface area contributed by atoms with E-state index >= 15 is 0 Å². The Morgan fingerprint density at radius 3 is 3.05 bits per heavy atom. The van der Waals surface area contributed by atoms with Gasteiger partial charge in [0, 0.05) is 31.9 Å². The first-order valence-corrected chi connectivity index (χ1v) is 7.06. The zero-order valence-electron chi connectivity index (χ0n) is 11.7. The van der Waals surface area contributed by atoms with E-state index in [0.717, 1.165) is 32.0 Å². The van der Waals surface area contributed by atoms with Crippen molar-refractivity contribution >= 4 is 11.6 Å². The van der Waals surface area contributed by atoms with Gasteiger partial charge >= 0.3 is 0 Å². The first-order valence-electron chi connectivity index (χ1n) is 7.06. The molecule has 1 aromatic carbocycles. The number of hydrogen-bond acceptors (Lipinski definition) is 4. The molecule has 3 rings (SSSR count). The summed E-state index contributed by atoms with van der Waals surface area (Å²) in [7, 11) is 2.18. The van der Waals surface area contributed by atoms with Gasteiger partial charge in [-0.05, 0) is 30.9 Å². The van der Waals surface area contributed by atoms with Gasteiger partial charge in [-0.1, -0.05) is 18.2 Å². The summed E-state index contributed by atoms with van der Waals surface area (Å²) in [4.78, 5) is 6.80. The van der Waals surface area contributed by atoms with Gasteiger partial charge < -0.3 is 15.5 Å². The molecule has 0 aliphatic carbocycles. The van der Waals surface area contributed by atoms with E-state index in [0.29, 0.717) is 12.0 Å². The van der Waals surface area contributed by atoms with Crippen LogP contribution in [0.1, 0.15) is 12.5 Å². The van der Waals surface area contributed by atoms with Crippen molar-refractivity contribution in [1.29, 1.82) is 0 Å². The minimum atomic E-state index is 0.470. The number of aliphatic imine (C=N–C) groups is 1. The number of nitrogens with zero attached hydrogens (tertiary/aromatic N) is 2. The lowest BCUT2D eigenvalue weighted by Gasteiger charge is -2.33. The zero-order chi connectivity index (χ0) is 13.2. The monoisotopic (exact) mass is 258 g/mol. The van der Waals surface area contributed by atoms with Crippen LogP contribution in [0.15, 0.2) is 29.3 Å². The van der Waals surface area contributed by atoms with Crippen molar-refractivity contribution in [2.75, 3.05) is 31.6 Å². The van der Waals surface area contributed by atoms with Crippen LogP contribution >= 0.6 is 0 Å². The SMILES string of the molecule is CC1CN=C(NCC2Cc3ccccc3N(C)C2)N1. The maximum atomic E-state index is 4.45. The normalized spacial score (nSPS) is 25.6. The third-order valence-corrected chi connectivity index (χ3v) is 3.91. The third-order valence-electron chi connectivity index (χ3n) is 3.91. The molecular weight excluding hydrogens is 236 g/mol. The lowest BCUT2D eigenvalue weighted by Crippen LogP contribution is -2.43. The molecule has 0 radical (unpaired) electrons. The molecule has 2 aliphatic rings. The Balaban J connectivity index is 1.59. The molecular formula is C15H22N4. The fourth-order valence-corrected chi connectivity index (χ4v) is 2.95. The number of hydrogen-bond donors (Lipinski definition) is 2. The Morgan fingerprint density at radius 2 is 2.26 bits per heavy atom. The van der Waals surface area contributed by atoms with Crippen molar-refractivity contribution in [3.63, 3.8) is 0 Å². The lowest BCUT2D eigenvalue weighted by molar-refractivity contribution is 0.492. The summed E-state index contributed by atoms with van der Waals surface area (Å²) in [6.07, 6.45) is 1.15. The number of benzene rings is 1. The Bertz CT molecular complexity index is 483. The van der Waals surface area contributed by atoms with E-state index in [4.69, 9.17) is 0 Å². The molecule has 0 saturated carbocycles. The van der Waals surface area contributed by atoms with Gasteiger partial charge in [0.2, 0.25) is 0 Å². The fraction of sp³-hybridized carbons (Fsp3) is 0.533. The summed E-state index contributed by atoms with van der Waals surface area (Å²) in [6, 6.07) is 9.17. The first kappa shape index (κ1) is 12.3. The fourth-order valence-electron chi connectivity index (χ4n) is 2.95. The predicted molar refractivity (Wildman–Crippen MR) is 79.8 cm³/mol. The van der Waals surface area contributed by atoms with Crippen molar-refractivity contribution in [3.8, 4) is 0 Å². The Labute approximate surface area is 114 Å². The van der Waals surface area contributed by atoms with Crippen LogP contribution < -0.4 is 15.5 Å². The standard InChI is InChI=1S/C15H22N4/c1-11-8-16-15(18-11)17-9-12-7-13-5-3-4-6-14(13)19(2)10-12/h3-6,11-12H,7-10H2,1-2H3,(H2,16,17,18). The third kappa shape index (κ3) is 2.67. The molecule has 4 heteroatoms. The lowest BCUT2D eigenvalue weighted by atomic mass is 9.93. The van der Waals surface area contributed by atoms with Crippen LogP contribution in [0.4, 0.5) is 5.69 Å². The molecule has 2 atom stereocenters. The molecule has 2 N–H and O–H groups in total.